The number of nitrogens with one attached hydrogen (secondary N) is 1. The van der Waals surface area contributed by atoms with Crippen LogP contribution in [0.1, 0.15) is 35.4 Å². The van der Waals surface area contributed by atoms with Gasteiger partial charge >= 0.3 is 0 Å². The Morgan fingerprint density at radius 2 is 2.10 bits per heavy atom. The third-order valence-corrected chi connectivity index (χ3v) is 3.31. The highest BCUT2D eigenvalue weighted by Crippen LogP contribution is 2.13. The average Bonchev–Trinajstić information content (AvgIpc) is 2.47. The van der Waals surface area contributed by atoms with E-state index < -0.39 is 0 Å². The van der Waals surface area contributed by atoms with Crippen molar-refractivity contribution >= 4 is 11.9 Å². The third-order valence-electron chi connectivity index (χ3n) is 3.31. The van der Waals surface area contributed by atoms with Crippen LogP contribution < -0.4 is 5.32 Å². The zero-order valence-corrected chi connectivity index (χ0v) is 12.2. The van der Waals surface area contributed by atoms with Crippen LogP contribution in [-0.2, 0) is 4.74 Å². The standard InChI is InChI=1S/C14H22N4O2/c1-11-10-12(13(19)18-7-4-3-5-8-18)17-14(16-11)15-6-9-20-2/h10H,3-9H2,1-2H3,(H,15,16,17). The number of amides is 1. The molecule has 0 saturated carbocycles. The van der Waals surface area contributed by atoms with E-state index in [1.807, 2.05) is 11.8 Å². The predicted octanol–water partition coefficient (Wildman–Crippen LogP) is 1.47. The number of aromatic nitrogens is 2. The molecule has 1 aromatic rings. The highest BCUT2D eigenvalue weighted by Gasteiger charge is 2.20. The van der Waals surface area contributed by atoms with Crippen molar-refractivity contribution in [1.29, 1.82) is 0 Å². The number of methoxy groups -OCH3 is 1. The number of carbonyl (C=O) groups excluding carboxylic acids is 1. The van der Waals surface area contributed by atoms with Gasteiger partial charge in [0.15, 0.2) is 0 Å². The second kappa shape index (κ2) is 7.19. The monoisotopic (exact) mass is 278 g/mol. The van der Waals surface area contributed by atoms with Gasteiger partial charge in [-0.05, 0) is 32.3 Å². The first-order valence-electron chi connectivity index (χ1n) is 7.08. The molecule has 20 heavy (non-hydrogen) atoms. The number of anilines is 1. The van der Waals surface area contributed by atoms with E-state index in [-0.39, 0.29) is 5.91 Å². The number of carbonyl (C=O) groups is 1. The minimum atomic E-state index is 0.00462. The van der Waals surface area contributed by atoms with Gasteiger partial charge < -0.3 is 15.0 Å². The summed E-state index contributed by atoms with van der Waals surface area (Å²) in [7, 11) is 1.64. The molecule has 0 aliphatic carbocycles. The number of rotatable bonds is 5. The maximum atomic E-state index is 12.4. The van der Waals surface area contributed by atoms with Crippen molar-refractivity contribution in [2.24, 2.45) is 0 Å². The molecule has 110 valence electrons. The van der Waals surface area contributed by atoms with E-state index in [9.17, 15) is 4.79 Å². The molecule has 2 heterocycles. The number of likely N-dealkylation sites (tertiary alicyclic amines) is 1. The van der Waals surface area contributed by atoms with Gasteiger partial charge in [-0.1, -0.05) is 0 Å². The van der Waals surface area contributed by atoms with Crippen LogP contribution in [0.3, 0.4) is 0 Å². The second-order valence-corrected chi connectivity index (χ2v) is 4.99. The molecule has 0 aromatic carbocycles. The summed E-state index contributed by atoms with van der Waals surface area (Å²) in [6.45, 7) is 4.73. The SMILES string of the molecule is COCCNc1nc(C)cc(C(=O)N2CCCCC2)n1. The van der Waals surface area contributed by atoms with Crippen LogP contribution in [0, 0.1) is 6.92 Å². The minimum absolute atomic E-state index is 0.00462. The van der Waals surface area contributed by atoms with Crippen molar-refractivity contribution in [3.05, 3.63) is 17.5 Å². The summed E-state index contributed by atoms with van der Waals surface area (Å²) >= 11 is 0. The Balaban J connectivity index is 2.07. The van der Waals surface area contributed by atoms with Gasteiger partial charge in [0.25, 0.3) is 5.91 Å². The Hall–Kier alpha value is -1.69. The van der Waals surface area contributed by atoms with Crippen LogP contribution in [0.2, 0.25) is 0 Å². The highest BCUT2D eigenvalue weighted by molar-refractivity contribution is 5.92. The van der Waals surface area contributed by atoms with Crippen molar-refractivity contribution < 1.29 is 9.53 Å². The molecule has 1 N–H and O–H groups in total. The summed E-state index contributed by atoms with van der Waals surface area (Å²) < 4.78 is 4.97. The van der Waals surface area contributed by atoms with Crippen LogP contribution in [0.5, 0.6) is 0 Å². The summed E-state index contributed by atoms with van der Waals surface area (Å²) in [4.78, 5) is 22.9. The maximum absolute atomic E-state index is 12.4. The molecule has 0 unspecified atom stereocenters. The smallest absolute Gasteiger partial charge is 0.272 e. The molecule has 1 aromatic heterocycles. The molecule has 0 spiro atoms. The minimum Gasteiger partial charge on any atom is -0.383 e. The molecule has 1 amide bonds. The van der Waals surface area contributed by atoms with E-state index in [0.717, 1.165) is 31.6 Å². The van der Waals surface area contributed by atoms with Crippen LogP contribution in [-0.4, -0.2) is 54.1 Å². The van der Waals surface area contributed by atoms with Gasteiger partial charge in [0.1, 0.15) is 5.69 Å². The lowest BCUT2D eigenvalue weighted by Crippen LogP contribution is -2.36. The lowest BCUT2D eigenvalue weighted by molar-refractivity contribution is 0.0718. The fourth-order valence-electron chi connectivity index (χ4n) is 2.28. The molecule has 1 fully saturated rings. The Morgan fingerprint density at radius 3 is 2.80 bits per heavy atom. The fraction of sp³-hybridized carbons (Fsp3) is 0.643. The van der Waals surface area contributed by atoms with Crippen molar-refractivity contribution in [3.8, 4) is 0 Å². The molecule has 0 atom stereocenters. The maximum Gasteiger partial charge on any atom is 0.272 e. The van der Waals surface area contributed by atoms with Crippen molar-refractivity contribution in [2.75, 3.05) is 38.7 Å². The number of hydrogen-bond donors (Lipinski definition) is 1. The summed E-state index contributed by atoms with van der Waals surface area (Å²) in [6, 6.07) is 1.75. The van der Waals surface area contributed by atoms with E-state index in [0.29, 0.717) is 24.8 Å². The topological polar surface area (TPSA) is 67.3 Å². The van der Waals surface area contributed by atoms with Gasteiger partial charge in [-0.15, -0.1) is 0 Å². The van der Waals surface area contributed by atoms with Crippen LogP contribution in [0.25, 0.3) is 0 Å². The summed E-state index contributed by atoms with van der Waals surface area (Å²) in [5.41, 5.74) is 1.26. The van der Waals surface area contributed by atoms with Crippen LogP contribution in [0.15, 0.2) is 6.07 Å². The van der Waals surface area contributed by atoms with Crippen molar-refractivity contribution in [1.82, 2.24) is 14.9 Å². The van der Waals surface area contributed by atoms with Crippen molar-refractivity contribution in [2.45, 2.75) is 26.2 Å². The Labute approximate surface area is 119 Å². The van der Waals surface area contributed by atoms with E-state index >= 15 is 0 Å². The first kappa shape index (κ1) is 14.7. The van der Waals surface area contributed by atoms with Gasteiger partial charge in [0.2, 0.25) is 5.95 Å². The zero-order chi connectivity index (χ0) is 14.4. The summed E-state index contributed by atoms with van der Waals surface area (Å²) in [5, 5.41) is 3.07. The number of hydrogen-bond acceptors (Lipinski definition) is 5. The van der Waals surface area contributed by atoms with Crippen LogP contribution in [0.4, 0.5) is 5.95 Å². The molecule has 6 heteroatoms. The van der Waals surface area contributed by atoms with E-state index in [4.69, 9.17) is 4.74 Å². The van der Waals surface area contributed by atoms with Gasteiger partial charge in [0.05, 0.1) is 6.61 Å². The Morgan fingerprint density at radius 1 is 1.35 bits per heavy atom. The molecule has 1 saturated heterocycles. The molecule has 0 bridgehead atoms. The van der Waals surface area contributed by atoms with Crippen molar-refractivity contribution in [3.63, 3.8) is 0 Å². The first-order valence-corrected chi connectivity index (χ1v) is 7.08. The normalized spacial score (nSPS) is 15.2. The molecular weight excluding hydrogens is 256 g/mol. The fourth-order valence-corrected chi connectivity index (χ4v) is 2.28. The third kappa shape index (κ3) is 3.90. The molecule has 1 aliphatic heterocycles. The highest BCUT2D eigenvalue weighted by atomic mass is 16.5. The molecule has 1 aliphatic rings. The van der Waals surface area contributed by atoms with E-state index in [2.05, 4.69) is 15.3 Å². The summed E-state index contributed by atoms with van der Waals surface area (Å²) in [5.74, 6) is 0.493. The lowest BCUT2D eigenvalue weighted by Gasteiger charge is -2.26. The van der Waals surface area contributed by atoms with E-state index in [1.165, 1.54) is 6.42 Å². The number of aryl methyl sites for hydroxylation is 1. The van der Waals surface area contributed by atoms with Gasteiger partial charge in [-0.3, -0.25) is 4.79 Å². The Kier molecular flexibility index (Phi) is 5.29. The van der Waals surface area contributed by atoms with Crippen LogP contribution >= 0.6 is 0 Å². The molecule has 0 radical (unpaired) electrons. The second-order valence-electron chi connectivity index (χ2n) is 4.99. The molecular formula is C14H22N4O2. The largest absolute Gasteiger partial charge is 0.383 e. The van der Waals surface area contributed by atoms with E-state index in [1.54, 1.807) is 13.2 Å². The predicted molar refractivity (Wildman–Crippen MR) is 76.9 cm³/mol. The Bertz CT molecular complexity index is 458. The first-order chi connectivity index (χ1) is 9.70. The lowest BCUT2D eigenvalue weighted by atomic mass is 10.1. The zero-order valence-electron chi connectivity index (χ0n) is 12.2. The summed E-state index contributed by atoms with van der Waals surface area (Å²) in [6.07, 6.45) is 3.36. The number of nitrogens with zero attached hydrogens (tertiary/aromatic N) is 3. The van der Waals surface area contributed by atoms with Gasteiger partial charge in [-0.25, -0.2) is 9.97 Å². The average molecular weight is 278 g/mol. The van der Waals surface area contributed by atoms with Gasteiger partial charge in [-0.2, -0.15) is 0 Å². The molecule has 2 rings (SSSR count). The van der Waals surface area contributed by atoms with Gasteiger partial charge in [0, 0.05) is 32.4 Å². The number of ether oxygens (including phenoxy) is 1. The quantitative estimate of drug-likeness (QED) is 0.826. The molecule has 6 nitrogen and oxygen atoms in total. The number of piperidine rings is 1.